The van der Waals surface area contributed by atoms with Crippen LogP contribution in [0.5, 0.6) is 11.5 Å². The molecule has 0 aliphatic heterocycles. The largest absolute Gasteiger partial charge is 0.453 e. The zero-order valence-electron chi connectivity index (χ0n) is 8.99. The van der Waals surface area contributed by atoms with Crippen LogP contribution in [-0.4, -0.2) is 0 Å². The summed E-state index contributed by atoms with van der Waals surface area (Å²) in [6, 6.07) is 11.8. The summed E-state index contributed by atoms with van der Waals surface area (Å²) in [5.74, 6) is 0.378. The van der Waals surface area contributed by atoms with Crippen LogP contribution in [0, 0.1) is 5.82 Å². The quantitative estimate of drug-likeness (QED) is 0.934. The Labute approximate surface area is 107 Å². The lowest BCUT2D eigenvalue weighted by atomic mass is 10.2. The van der Waals surface area contributed by atoms with E-state index in [4.69, 9.17) is 10.5 Å². The van der Waals surface area contributed by atoms with E-state index in [0.717, 1.165) is 10.0 Å². The topological polar surface area (TPSA) is 35.2 Å². The number of hydrogen-bond acceptors (Lipinski definition) is 2. The maximum Gasteiger partial charge on any atom is 0.165 e. The molecule has 0 fully saturated rings. The van der Waals surface area contributed by atoms with Gasteiger partial charge in [0.1, 0.15) is 5.75 Å². The molecule has 4 heteroatoms. The molecule has 2 N–H and O–H groups in total. The number of nitrogens with two attached hydrogens (primary N) is 1. The van der Waals surface area contributed by atoms with Crippen molar-refractivity contribution in [3.05, 3.63) is 58.3 Å². The summed E-state index contributed by atoms with van der Waals surface area (Å²) in [5.41, 5.74) is 6.51. The van der Waals surface area contributed by atoms with Gasteiger partial charge in [0, 0.05) is 6.54 Å². The van der Waals surface area contributed by atoms with Crippen molar-refractivity contribution >= 4 is 15.9 Å². The molecule has 0 unspecified atom stereocenters. The Morgan fingerprint density at radius 2 is 1.88 bits per heavy atom. The fourth-order valence-corrected chi connectivity index (χ4v) is 1.91. The SMILES string of the molecule is NCc1ccc(Oc2ccccc2F)c(Br)c1. The molecule has 0 aromatic heterocycles. The Morgan fingerprint density at radius 1 is 1.12 bits per heavy atom. The molecule has 0 heterocycles. The van der Waals surface area contributed by atoms with Crippen molar-refractivity contribution in [1.29, 1.82) is 0 Å². The van der Waals surface area contributed by atoms with E-state index in [-0.39, 0.29) is 11.6 Å². The van der Waals surface area contributed by atoms with Crippen molar-refractivity contribution in [1.82, 2.24) is 0 Å². The summed E-state index contributed by atoms with van der Waals surface area (Å²) < 4.78 is 19.6. The third-order valence-corrected chi connectivity index (χ3v) is 2.91. The monoisotopic (exact) mass is 295 g/mol. The molecule has 0 radical (unpaired) electrons. The number of para-hydroxylation sites is 1. The van der Waals surface area contributed by atoms with Gasteiger partial charge in [0.25, 0.3) is 0 Å². The van der Waals surface area contributed by atoms with Gasteiger partial charge in [0.05, 0.1) is 4.47 Å². The van der Waals surface area contributed by atoms with E-state index in [1.165, 1.54) is 6.07 Å². The van der Waals surface area contributed by atoms with Crippen LogP contribution < -0.4 is 10.5 Å². The van der Waals surface area contributed by atoms with Crippen LogP contribution in [0.3, 0.4) is 0 Å². The van der Waals surface area contributed by atoms with E-state index in [9.17, 15) is 4.39 Å². The fourth-order valence-electron chi connectivity index (χ4n) is 1.40. The van der Waals surface area contributed by atoms with Crippen LogP contribution in [0.25, 0.3) is 0 Å². The number of halogens is 2. The van der Waals surface area contributed by atoms with E-state index in [2.05, 4.69) is 15.9 Å². The zero-order chi connectivity index (χ0) is 12.3. The molecule has 2 aromatic rings. The Balaban J connectivity index is 2.28. The minimum absolute atomic E-state index is 0.202. The summed E-state index contributed by atoms with van der Waals surface area (Å²) in [7, 11) is 0. The molecule has 88 valence electrons. The minimum Gasteiger partial charge on any atom is -0.453 e. The van der Waals surface area contributed by atoms with Gasteiger partial charge in [0.15, 0.2) is 11.6 Å². The first kappa shape index (κ1) is 12.1. The van der Waals surface area contributed by atoms with Gasteiger partial charge in [-0.05, 0) is 45.8 Å². The minimum atomic E-state index is -0.387. The molecule has 0 spiro atoms. The molecule has 0 bridgehead atoms. The molecular weight excluding hydrogens is 285 g/mol. The van der Waals surface area contributed by atoms with E-state index < -0.39 is 0 Å². The van der Waals surface area contributed by atoms with Crippen molar-refractivity contribution in [2.45, 2.75) is 6.54 Å². The molecule has 0 atom stereocenters. The average molecular weight is 296 g/mol. The Bertz CT molecular complexity index is 531. The molecule has 17 heavy (non-hydrogen) atoms. The van der Waals surface area contributed by atoms with Crippen LogP contribution >= 0.6 is 15.9 Å². The molecule has 0 amide bonds. The second-order valence-corrected chi connectivity index (χ2v) is 4.36. The molecule has 2 nitrogen and oxygen atoms in total. The molecule has 0 aliphatic carbocycles. The van der Waals surface area contributed by atoms with Crippen LogP contribution in [-0.2, 0) is 6.54 Å². The highest BCUT2D eigenvalue weighted by Crippen LogP contribution is 2.31. The highest BCUT2D eigenvalue weighted by molar-refractivity contribution is 9.10. The first-order chi connectivity index (χ1) is 8.20. The van der Waals surface area contributed by atoms with Gasteiger partial charge in [-0.2, -0.15) is 0 Å². The maximum absolute atomic E-state index is 13.4. The first-order valence-corrected chi connectivity index (χ1v) is 5.91. The first-order valence-electron chi connectivity index (χ1n) is 5.11. The van der Waals surface area contributed by atoms with Crippen molar-refractivity contribution in [3.8, 4) is 11.5 Å². The summed E-state index contributed by atoms with van der Waals surface area (Å²) in [6.07, 6.45) is 0. The second-order valence-electron chi connectivity index (χ2n) is 3.50. The Hall–Kier alpha value is -1.39. The summed E-state index contributed by atoms with van der Waals surface area (Å²) >= 11 is 3.37. The third-order valence-electron chi connectivity index (χ3n) is 2.29. The fraction of sp³-hybridized carbons (Fsp3) is 0.0769. The van der Waals surface area contributed by atoms with Crippen molar-refractivity contribution in [3.63, 3.8) is 0 Å². The third kappa shape index (κ3) is 2.84. The summed E-state index contributed by atoms with van der Waals surface area (Å²) in [6.45, 7) is 0.457. The molecular formula is C13H11BrFNO. The summed E-state index contributed by atoms with van der Waals surface area (Å²) in [5, 5.41) is 0. The van der Waals surface area contributed by atoms with Gasteiger partial charge in [-0.25, -0.2) is 4.39 Å². The van der Waals surface area contributed by atoms with E-state index >= 15 is 0 Å². The molecule has 0 saturated heterocycles. The second kappa shape index (κ2) is 5.29. The van der Waals surface area contributed by atoms with Crippen LogP contribution in [0.15, 0.2) is 46.9 Å². The number of rotatable bonds is 3. The van der Waals surface area contributed by atoms with Gasteiger partial charge >= 0.3 is 0 Å². The maximum atomic E-state index is 13.4. The normalized spacial score (nSPS) is 10.3. The lowest BCUT2D eigenvalue weighted by Gasteiger charge is -2.09. The standard InChI is InChI=1S/C13H11BrFNO/c14-10-7-9(8-16)5-6-12(10)17-13-4-2-1-3-11(13)15/h1-7H,8,16H2. The number of ether oxygens (including phenoxy) is 1. The van der Waals surface area contributed by atoms with E-state index in [0.29, 0.717) is 12.3 Å². The van der Waals surface area contributed by atoms with Gasteiger partial charge in [-0.1, -0.05) is 18.2 Å². The van der Waals surface area contributed by atoms with Gasteiger partial charge < -0.3 is 10.5 Å². The van der Waals surface area contributed by atoms with E-state index in [1.54, 1.807) is 24.3 Å². The average Bonchev–Trinajstić information content (AvgIpc) is 2.34. The van der Waals surface area contributed by atoms with Gasteiger partial charge in [0.2, 0.25) is 0 Å². The molecule has 0 saturated carbocycles. The van der Waals surface area contributed by atoms with E-state index in [1.807, 2.05) is 12.1 Å². The van der Waals surface area contributed by atoms with Gasteiger partial charge in [-0.3, -0.25) is 0 Å². The van der Waals surface area contributed by atoms with Gasteiger partial charge in [-0.15, -0.1) is 0 Å². The summed E-state index contributed by atoms with van der Waals surface area (Å²) in [4.78, 5) is 0. The predicted molar refractivity (Wildman–Crippen MR) is 68.5 cm³/mol. The van der Waals surface area contributed by atoms with Crippen molar-refractivity contribution in [2.75, 3.05) is 0 Å². The van der Waals surface area contributed by atoms with Crippen molar-refractivity contribution in [2.24, 2.45) is 5.73 Å². The number of hydrogen-bond donors (Lipinski definition) is 1. The van der Waals surface area contributed by atoms with Crippen LogP contribution in [0.1, 0.15) is 5.56 Å². The smallest absolute Gasteiger partial charge is 0.165 e. The number of benzene rings is 2. The zero-order valence-corrected chi connectivity index (χ0v) is 10.6. The highest BCUT2D eigenvalue weighted by Gasteiger charge is 2.06. The van der Waals surface area contributed by atoms with Crippen LogP contribution in [0.4, 0.5) is 4.39 Å². The molecule has 2 aromatic carbocycles. The lowest BCUT2D eigenvalue weighted by molar-refractivity contribution is 0.440. The Morgan fingerprint density at radius 3 is 2.53 bits per heavy atom. The predicted octanol–water partition coefficient (Wildman–Crippen LogP) is 3.84. The highest BCUT2D eigenvalue weighted by atomic mass is 79.9. The van der Waals surface area contributed by atoms with Crippen molar-refractivity contribution < 1.29 is 9.13 Å². The molecule has 0 aliphatic rings. The molecule has 2 rings (SSSR count). The van der Waals surface area contributed by atoms with Crippen LogP contribution in [0.2, 0.25) is 0 Å². The Kier molecular flexibility index (Phi) is 3.76. The lowest BCUT2D eigenvalue weighted by Crippen LogP contribution is -1.96.